The molecule has 0 saturated heterocycles. The summed E-state index contributed by atoms with van der Waals surface area (Å²) in [4.78, 5) is 16.0. The number of carbonyl (C=O) groups is 1. The highest BCUT2D eigenvalue weighted by atomic mass is 19.4. The number of nitrogens with zero attached hydrogens (tertiary/aromatic N) is 2. The van der Waals surface area contributed by atoms with Gasteiger partial charge in [-0.2, -0.15) is 13.2 Å². The summed E-state index contributed by atoms with van der Waals surface area (Å²) in [6, 6.07) is 6.37. The Morgan fingerprint density at radius 1 is 1.29 bits per heavy atom. The molecule has 7 heteroatoms. The van der Waals surface area contributed by atoms with Gasteiger partial charge in [-0.15, -0.1) is 0 Å². The van der Waals surface area contributed by atoms with Crippen LogP contribution in [-0.4, -0.2) is 21.5 Å². The van der Waals surface area contributed by atoms with Crippen LogP contribution in [-0.2, 0) is 17.5 Å². The molecule has 1 N–H and O–H groups in total. The van der Waals surface area contributed by atoms with Gasteiger partial charge in [0.05, 0.1) is 11.0 Å². The number of para-hydroxylation sites is 2. The quantitative estimate of drug-likeness (QED) is 0.926. The number of imidazole rings is 1. The van der Waals surface area contributed by atoms with Gasteiger partial charge in [-0.1, -0.05) is 31.9 Å². The van der Waals surface area contributed by atoms with Gasteiger partial charge in [0.15, 0.2) is 0 Å². The molecule has 0 aliphatic heterocycles. The lowest BCUT2D eigenvalue weighted by Gasteiger charge is -2.29. The van der Waals surface area contributed by atoms with E-state index in [9.17, 15) is 18.0 Å². The molecule has 1 amide bonds. The third kappa shape index (κ3) is 3.39. The second kappa shape index (κ2) is 6.45. The van der Waals surface area contributed by atoms with Crippen molar-refractivity contribution in [1.29, 1.82) is 0 Å². The Kier molecular flexibility index (Phi) is 4.51. The van der Waals surface area contributed by atoms with Gasteiger partial charge in [0.1, 0.15) is 6.54 Å². The molecule has 1 aliphatic rings. The van der Waals surface area contributed by atoms with Gasteiger partial charge in [0.2, 0.25) is 11.7 Å². The molecule has 0 spiro atoms. The predicted octanol–water partition coefficient (Wildman–Crippen LogP) is 3.75. The lowest BCUT2D eigenvalue weighted by Crippen LogP contribution is -2.42. The van der Waals surface area contributed by atoms with Crippen LogP contribution in [0.4, 0.5) is 13.2 Å². The molecule has 130 valence electrons. The van der Waals surface area contributed by atoms with Crippen LogP contribution in [0.2, 0.25) is 0 Å². The topological polar surface area (TPSA) is 46.9 Å². The minimum Gasteiger partial charge on any atom is -0.352 e. The van der Waals surface area contributed by atoms with Gasteiger partial charge < -0.3 is 9.88 Å². The van der Waals surface area contributed by atoms with Crippen molar-refractivity contribution in [3.8, 4) is 0 Å². The number of hydrogen-bond acceptors (Lipinski definition) is 2. The maximum atomic E-state index is 13.2. The third-order valence-electron chi connectivity index (χ3n) is 4.67. The van der Waals surface area contributed by atoms with Crippen molar-refractivity contribution in [2.24, 2.45) is 5.92 Å². The molecule has 4 nitrogen and oxygen atoms in total. The zero-order valence-electron chi connectivity index (χ0n) is 13.4. The van der Waals surface area contributed by atoms with Crippen LogP contribution >= 0.6 is 0 Å². The monoisotopic (exact) mass is 339 g/mol. The van der Waals surface area contributed by atoms with Crippen molar-refractivity contribution in [2.45, 2.75) is 51.4 Å². The lowest BCUT2D eigenvalue weighted by molar-refractivity contribution is -0.147. The molecule has 0 radical (unpaired) electrons. The fraction of sp³-hybridized carbons (Fsp3) is 0.529. The molecule has 2 atom stereocenters. The van der Waals surface area contributed by atoms with Crippen LogP contribution in [0.15, 0.2) is 24.3 Å². The van der Waals surface area contributed by atoms with E-state index in [1.165, 1.54) is 6.07 Å². The Labute approximate surface area is 138 Å². The number of hydrogen-bond donors (Lipinski definition) is 1. The highest BCUT2D eigenvalue weighted by molar-refractivity contribution is 5.81. The number of benzene rings is 1. The van der Waals surface area contributed by atoms with Gasteiger partial charge in [0.25, 0.3) is 0 Å². The molecule has 1 heterocycles. The first-order valence-corrected chi connectivity index (χ1v) is 8.18. The molecule has 0 bridgehead atoms. The predicted molar refractivity (Wildman–Crippen MR) is 84.3 cm³/mol. The van der Waals surface area contributed by atoms with Crippen LogP contribution in [0.25, 0.3) is 11.0 Å². The second-order valence-electron chi connectivity index (χ2n) is 6.44. The van der Waals surface area contributed by atoms with Gasteiger partial charge in [-0.3, -0.25) is 4.79 Å². The summed E-state index contributed by atoms with van der Waals surface area (Å²) >= 11 is 0. The van der Waals surface area contributed by atoms with Crippen molar-refractivity contribution >= 4 is 16.9 Å². The molecule has 1 aromatic heterocycles. The standard InChI is InChI=1S/C17H20F3N3O/c1-11-6-2-3-7-12(11)21-15(24)10-23-14-9-5-4-8-13(14)22-16(23)17(18,19)20/h4-5,8-9,11-12H,2-3,6-7,10H2,1H3,(H,21,24)/t11-,12+/m0/s1. The molecular weight excluding hydrogens is 319 g/mol. The summed E-state index contributed by atoms with van der Waals surface area (Å²) in [5, 5.41) is 2.90. The summed E-state index contributed by atoms with van der Waals surface area (Å²) in [7, 11) is 0. The van der Waals surface area contributed by atoms with Crippen molar-refractivity contribution in [1.82, 2.24) is 14.9 Å². The minimum atomic E-state index is -4.60. The van der Waals surface area contributed by atoms with Crippen molar-refractivity contribution in [2.75, 3.05) is 0 Å². The maximum Gasteiger partial charge on any atom is 0.449 e. The van der Waals surface area contributed by atoms with Gasteiger partial charge in [-0.05, 0) is 30.9 Å². The Balaban J connectivity index is 1.84. The van der Waals surface area contributed by atoms with E-state index in [1.807, 2.05) is 0 Å². The van der Waals surface area contributed by atoms with E-state index in [-0.39, 0.29) is 18.1 Å². The molecule has 2 aromatic rings. The van der Waals surface area contributed by atoms with Gasteiger partial charge >= 0.3 is 6.18 Å². The number of carbonyl (C=O) groups excluding carboxylic acids is 1. The van der Waals surface area contributed by atoms with Crippen molar-refractivity contribution in [3.63, 3.8) is 0 Å². The number of alkyl halides is 3. The van der Waals surface area contributed by atoms with Crippen LogP contribution < -0.4 is 5.32 Å². The summed E-state index contributed by atoms with van der Waals surface area (Å²) in [6.45, 7) is 1.69. The first kappa shape index (κ1) is 16.8. The highest BCUT2D eigenvalue weighted by Gasteiger charge is 2.38. The van der Waals surface area contributed by atoms with Gasteiger partial charge in [0, 0.05) is 6.04 Å². The molecule has 0 unspecified atom stereocenters. The number of rotatable bonds is 3. The first-order valence-electron chi connectivity index (χ1n) is 8.18. The van der Waals surface area contributed by atoms with E-state index in [4.69, 9.17) is 0 Å². The zero-order chi connectivity index (χ0) is 17.3. The number of aromatic nitrogens is 2. The summed E-state index contributed by atoms with van der Waals surface area (Å²) < 4.78 is 40.7. The Bertz CT molecular complexity index is 738. The summed E-state index contributed by atoms with van der Waals surface area (Å²) in [5.41, 5.74) is 0.556. The van der Waals surface area contributed by atoms with E-state index >= 15 is 0 Å². The summed E-state index contributed by atoms with van der Waals surface area (Å²) in [5.74, 6) is -1.08. The molecule has 1 fully saturated rings. The van der Waals surface area contributed by atoms with E-state index in [2.05, 4.69) is 17.2 Å². The second-order valence-corrected chi connectivity index (χ2v) is 6.44. The third-order valence-corrected chi connectivity index (χ3v) is 4.67. The Morgan fingerprint density at radius 2 is 2.00 bits per heavy atom. The van der Waals surface area contributed by atoms with Crippen molar-refractivity contribution in [3.05, 3.63) is 30.1 Å². The van der Waals surface area contributed by atoms with E-state index < -0.39 is 17.9 Å². The smallest absolute Gasteiger partial charge is 0.352 e. The fourth-order valence-electron chi connectivity index (χ4n) is 3.38. The number of nitrogens with one attached hydrogen (secondary N) is 1. The number of amides is 1. The average Bonchev–Trinajstić information content (AvgIpc) is 2.89. The Hall–Kier alpha value is -2.05. The maximum absolute atomic E-state index is 13.2. The fourth-order valence-corrected chi connectivity index (χ4v) is 3.38. The molecule has 1 aromatic carbocycles. The minimum absolute atomic E-state index is 0.0374. The first-order chi connectivity index (χ1) is 11.4. The lowest BCUT2D eigenvalue weighted by atomic mass is 9.86. The molecule has 1 saturated carbocycles. The van der Waals surface area contributed by atoms with E-state index in [1.54, 1.807) is 18.2 Å². The van der Waals surface area contributed by atoms with E-state index in [0.717, 1.165) is 30.3 Å². The van der Waals surface area contributed by atoms with Gasteiger partial charge in [-0.25, -0.2) is 4.98 Å². The molecule has 3 rings (SSSR count). The Morgan fingerprint density at radius 3 is 2.71 bits per heavy atom. The highest BCUT2D eigenvalue weighted by Crippen LogP contribution is 2.31. The zero-order valence-corrected chi connectivity index (χ0v) is 13.4. The van der Waals surface area contributed by atoms with E-state index in [0.29, 0.717) is 11.4 Å². The SMILES string of the molecule is C[C@H]1CCCC[C@H]1NC(=O)Cn1c(C(F)(F)F)nc2ccccc21. The largest absolute Gasteiger partial charge is 0.449 e. The normalized spacial score (nSPS) is 21.8. The molecule has 24 heavy (non-hydrogen) atoms. The molecular formula is C17H20F3N3O. The van der Waals surface area contributed by atoms with Crippen molar-refractivity contribution < 1.29 is 18.0 Å². The van der Waals surface area contributed by atoms with Crippen LogP contribution in [0.5, 0.6) is 0 Å². The average molecular weight is 339 g/mol. The van der Waals surface area contributed by atoms with Crippen LogP contribution in [0, 0.1) is 5.92 Å². The number of fused-ring (bicyclic) bond motifs is 1. The van der Waals surface area contributed by atoms with Crippen LogP contribution in [0.1, 0.15) is 38.4 Å². The summed E-state index contributed by atoms with van der Waals surface area (Å²) in [6.07, 6.45) is -0.511. The molecule has 1 aliphatic carbocycles. The van der Waals surface area contributed by atoms with Crippen LogP contribution in [0.3, 0.4) is 0 Å². The number of halogens is 3.